The van der Waals surface area contributed by atoms with E-state index in [9.17, 15) is 4.39 Å². The summed E-state index contributed by atoms with van der Waals surface area (Å²) < 4.78 is 25.2. The van der Waals surface area contributed by atoms with Crippen molar-refractivity contribution in [2.75, 3.05) is 27.3 Å². The van der Waals surface area contributed by atoms with Crippen molar-refractivity contribution in [3.63, 3.8) is 0 Å². The molecule has 0 unspecified atom stereocenters. The molecule has 1 aromatic rings. The molecule has 122 valence electrons. The van der Waals surface area contributed by atoms with Crippen molar-refractivity contribution in [3.8, 4) is 5.75 Å². The predicted molar refractivity (Wildman–Crippen MR) is 84.5 cm³/mol. The van der Waals surface area contributed by atoms with E-state index in [0.717, 1.165) is 25.1 Å². The van der Waals surface area contributed by atoms with Gasteiger partial charge in [0, 0.05) is 31.2 Å². The molecule has 1 heterocycles. The first-order chi connectivity index (χ1) is 10.7. The number of methoxy groups -OCH3 is 2. The Morgan fingerprint density at radius 2 is 2.09 bits per heavy atom. The van der Waals surface area contributed by atoms with E-state index in [1.54, 1.807) is 6.07 Å². The lowest BCUT2D eigenvalue weighted by Crippen LogP contribution is -2.47. The van der Waals surface area contributed by atoms with Crippen molar-refractivity contribution < 1.29 is 13.9 Å². The lowest BCUT2D eigenvalue weighted by Gasteiger charge is -2.43. The second-order valence-corrected chi connectivity index (χ2v) is 6.73. The summed E-state index contributed by atoms with van der Waals surface area (Å²) in [6.45, 7) is 2.71. The first-order valence-electron chi connectivity index (χ1n) is 8.25. The number of benzene rings is 1. The number of hydrogen-bond donors (Lipinski definition) is 0. The predicted octanol–water partition coefficient (Wildman–Crippen LogP) is 3.62. The number of nitrogens with zero attached hydrogens (tertiary/aromatic N) is 1. The minimum atomic E-state index is -0.223. The highest BCUT2D eigenvalue weighted by molar-refractivity contribution is 5.31. The number of piperidine rings is 1. The Bertz CT molecular complexity index is 522. The molecule has 0 amide bonds. The largest absolute Gasteiger partial charge is 0.494 e. The summed E-state index contributed by atoms with van der Waals surface area (Å²) in [5.74, 6) is 0.110. The van der Waals surface area contributed by atoms with Crippen molar-refractivity contribution in [1.29, 1.82) is 0 Å². The number of rotatable bonds is 4. The van der Waals surface area contributed by atoms with Crippen LogP contribution < -0.4 is 4.74 Å². The Kier molecular flexibility index (Phi) is 4.69. The molecule has 1 aliphatic carbocycles. The summed E-state index contributed by atoms with van der Waals surface area (Å²) in [6, 6.07) is 5.40. The number of likely N-dealkylation sites (tertiary alicyclic amines) is 1. The van der Waals surface area contributed by atoms with Gasteiger partial charge in [0.25, 0.3) is 0 Å². The van der Waals surface area contributed by atoms with Crippen LogP contribution in [-0.2, 0) is 11.3 Å². The summed E-state index contributed by atoms with van der Waals surface area (Å²) in [4.78, 5) is 2.39. The van der Waals surface area contributed by atoms with Gasteiger partial charge in [-0.2, -0.15) is 0 Å². The van der Waals surface area contributed by atoms with Crippen LogP contribution in [-0.4, -0.2) is 38.3 Å². The van der Waals surface area contributed by atoms with Gasteiger partial charge in [0.05, 0.1) is 13.2 Å². The summed E-state index contributed by atoms with van der Waals surface area (Å²) >= 11 is 0. The van der Waals surface area contributed by atoms with E-state index in [2.05, 4.69) is 4.90 Å². The summed E-state index contributed by atoms with van der Waals surface area (Å²) in [7, 11) is 3.35. The van der Waals surface area contributed by atoms with Gasteiger partial charge < -0.3 is 9.47 Å². The van der Waals surface area contributed by atoms with Crippen LogP contribution in [0.3, 0.4) is 0 Å². The average Bonchev–Trinajstić information content (AvgIpc) is 2.91. The molecule has 3 rings (SSSR count). The highest BCUT2D eigenvalue weighted by Crippen LogP contribution is 2.46. The van der Waals surface area contributed by atoms with E-state index in [4.69, 9.17) is 9.47 Å². The maximum Gasteiger partial charge on any atom is 0.169 e. The molecule has 0 radical (unpaired) electrons. The molecule has 0 aromatic heterocycles. The fourth-order valence-electron chi connectivity index (χ4n) is 4.41. The molecule has 1 saturated carbocycles. The Morgan fingerprint density at radius 3 is 2.86 bits per heavy atom. The van der Waals surface area contributed by atoms with Crippen LogP contribution in [0, 0.1) is 11.2 Å². The summed E-state index contributed by atoms with van der Waals surface area (Å²) in [6.07, 6.45) is 6.43. The first kappa shape index (κ1) is 15.8. The van der Waals surface area contributed by atoms with Crippen LogP contribution in [0.2, 0.25) is 0 Å². The first-order valence-corrected chi connectivity index (χ1v) is 8.25. The van der Waals surface area contributed by atoms with Gasteiger partial charge >= 0.3 is 0 Å². The second-order valence-electron chi connectivity index (χ2n) is 6.73. The fraction of sp³-hybridized carbons (Fsp3) is 0.667. The molecule has 0 N–H and O–H groups in total. The van der Waals surface area contributed by atoms with Gasteiger partial charge in [0.2, 0.25) is 0 Å². The van der Waals surface area contributed by atoms with Crippen LogP contribution in [0.25, 0.3) is 0 Å². The Labute approximate surface area is 132 Å². The molecule has 22 heavy (non-hydrogen) atoms. The standard InChI is InChI=1S/C18H26FNO2/c1-21-15-7-3-6-14(17(15)19)12-20-11-5-10-18(13-20)9-4-8-16(18)22-2/h3,6-7,16H,4-5,8-13H2,1-2H3/t16-,18+/m1/s1. The maximum absolute atomic E-state index is 14.4. The second kappa shape index (κ2) is 6.55. The molecule has 3 nitrogen and oxygen atoms in total. The monoisotopic (exact) mass is 307 g/mol. The number of hydrogen-bond acceptors (Lipinski definition) is 3. The zero-order chi connectivity index (χ0) is 15.6. The maximum atomic E-state index is 14.4. The van der Waals surface area contributed by atoms with Gasteiger partial charge in [-0.3, -0.25) is 4.90 Å². The van der Waals surface area contributed by atoms with Crippen molar-refractivity contribution in [2.45, 2.75) is 44.8 Å². The van der Waals surface area contributed by atoms with Crippen LogP contribution >= 0.6 is 0 Å². The molecule has 1 spiro atoms. The van der Waals surface area contributed by atoms with E-state index >= 15 is 0 Å². The van der Waals surface area contributed by atoms with Gasteiger partial charge in [-0.15, -0.1) is 0 Å². The lowest BCUT2D eigenvalue weighted by atomic mass is 9.76. The molecule has 1 saturated heterocycles. The van der Waals surface area contributed by atoms with Gasteiger partial charge in [-0.1, -0.05) is 18.6 Å². The topological polar surface area (TPSA) is 21.7 Å². The highest BCUT2D eigenvalue weighted by atomic mass is 19.1. The van der Waals surface area contributed by atoms with Gasteiger partial charge in [0.1, 0.15) is 0 Å². The molecule has 1 aliphatic heterocycles. The quantitative estimate of drug-likeness (QED) is 0.848. The van der Waals surface area contributed by atoms with Crippen LogP contribution in [0.15, 0.2) is 18.2 Å². The normalized spacial score (nSPS) is 29.1. The minimum Gasteiger partial charge on any atom is -0.494 e. The Morgan fingerprint density at radius 1 is 1.27 bits per heavy atom. The van der Waals surface area contributed by atoms with Crippen molar-refractivity contribution in [2.24, 2.45) is 5.41 Å². The van der Waals surface area contributed by atoms with Gasteiger partial charge in [0.15, 0.2) is 11.6 Å². The van der Waals surface area contributed by atoms with Crippen LogP contribution in [0.1, 0.15) is 37.7 Å². The summed E-state index contributed by atoms with van der Waals surface area (Å²) in [5, 5.41) is 0. The smallest absolute Gasteiger partial charge is 0.169 e. The van der Waals surface area contributed by atoms with E-state index < -0.39 is 0 Å². The molecule has 4 heteroatoms. The zero-order valence-corrected chi connectivity index (χ0v) is 13.6. The Balaban J connectivity index is 1.73. The molecular formula is C18H26FNO2. The molecule has 1 aromatic carbocycles. The van der Waals surface area contributed by atoms with E-state index in [0.29, 0.717) is 18.4 Å². The molecule has 2 atom stereocenters. The van der Waals surface area contributed by atoms with Gasteiger partial charge in [-0.25, -0.2) is 4.39 Å². The minimum absolute atomic E-state index is 0.223. The lowest BCUT2D eigenvalue weighted by molar-refractivity contribution is -0.0368. The van der Waals surface area contributed by atoms with Crippen molar-refractivity contribution in [3.05, 3.63) is 29.6 Å². The fourth-order valence-corrected chi connectivity index (χ4v) is 4.41. The molecule has 2 aliphatic rings. The van der Waals surface area contributed by atoms with Crippen LogP contribution in [0.5, 0.6) is 5.75 Å². The highest BCUT2D eigenvalue weighted by Gasteiger charge is 2.45. The summed E-state index contributed by atoms with van der Waals surface area (Å²) in [5.41, 5.74) is 1.01. The third-order valence-corrected chi connectivity index (χ3v) is 5.45. The third-order valence-electron chi connectivity index (χ3n) is 5.45. The molecule has 2 fully saturated rings. The number of ether oxygens (including phenoxy) is 2. The van der Waals surface area contributed by atoms with E-state index in [1.165, 1.54) is 32.8 Å². The molecular weight excluding hydrogens is 281 g/mol. The average molecular weight is 307 g/mol. The zero-order valence-electron chi connectivity index (χ0n) is 13.6. The SMILES string of the molecule is COc1cccc(CN2CCC[C@@]3(CCC[C@H]3OC)C2)c1F. The Hall–Kier alpha value is -1.13. The number of halogens is 1. The van der Waals surface area contributed by atoms with E-state index in [-0.39, 0.29) is 11.2 Å². The van der Waals surface area contributed by atoms with Crippen LogP contribution in [0.4, 0.5) is 4.39 Å². The molecule has 0 bridgehead atoms. The van der Waals surface area contributed by atoms with E-state index in [1.807, 2.05) is 19.2 Å². The van der Waals surface area contributed by atoms with Gasteiger partial charge in [-0.05, 0) is 38.3 Å². The third kappa shape index (κ3) is 2.86. The van der Waals surface area contributed by atoms with Crippen molar-refractivity contribution >= 4 is 0 Å². The van der Waals surface area contributed by atoms with Crippen molar-refractivity contribution in [1.82, 2.24) is 4.90 Å².